The van der Waals surface area contributed by atoms with E-state index in [9.17, 15) is 18.0 Å². The SMILES string of the molecule is CC(C)(C)c1nc(-c2cccc(Cl)c2)c(CNC(=O)Nc2ccc(CN(C(=O)O)S(N)(=O)=O)cc2)o1. The molecule has 0 bridgehead atoms. The average molecular weight is 536 g/mol. The van der Waals surface area contributed by atoms with Crippen molar-refractivity contribution in [1.82, 2.24) is 14.6 Å². The van der Waals surface area contributed by atoms with Crippen molar-refractivity contribution in [2.75, 3.05) is 5.32 Å². The van der Waals surface area contributed by atoms with Crippen molar-refractivity contribution in [3.05, 3.63) is 70.8 Å². The van der Waals surface area contributed by atoms with E-state index in [0.29, 0.717) is 33.6 Å². The normalized spacial score (nSPS) is 11.7. The van der Waals surface area contributed by atoms with Gasteiger partial charge in [0.2, 0.25) is 0 Å². The fourth-order valence-corrected chi connectivity index (χ4v) is 3.85. The molecule has 0 atom stereocenters. The standard InChI is InChI=1S/C23H26ClN5O6S/c1-23(2,3)20-28-19(15-5-4-6-16(24)11-15)18(35-20)12-26-21(30)27-17-9-7-14(8-10-17)13-29(22(31)32)36(25,33)34/h4-11H,12-13H2,1-3H3,(H,31,32)(H2,25,33,34)(H2,26,27,30). The van der Waals surface area contributed by atoms with Crippen LogP contribution in [0.15, 0.2) is 52.9 Å². The zero-order chi connectivity index (χ0) is 26.7. The summed E-state index contributed by atoms with van der Waals surface area (Å²) in [5.41, 5.74) is 1.74. The first kappa shape index (κ1) is 27.0. The van der Waals surface area contributed by atoms with Crippen LogP contribution in [0.1, 0.15) is 38.0 Å². The van der Waals surface area contributed by atoms with Crippen LogP contribution < -0.4 is 15.8 Å². The second kappa shape index (κ2) is 10.6. The van der Waals surface area contributed by atoms with Gasteiger partial charge in [0.1, 0.15) is 5.69 Å². The lowest BCUT2D eigenvalue weighted by Crippen LogP contribution is -2.39. The zero-order valence-corrected chi connectivity index (χ0v) is 21.4. The Bertz CT molecular complexity index is 1370. The number of rotatable bonds is 7. The molecule has 0 unspecified atom stereocenters. The monoisotopic (exact) mass is 535 g/mol. The highest BCUT2D eigenvalue weighted by molar-refractivity contribution is 7.87. The Morgan fingerprint density at radius 2 is 1.83 bits per heavy atom. The molecule has 0 spiro atoms. The topological polar surface area (TPSA) is 168 Å². The van der Waals surface area contributed by atoms with Gasteiger partial charge in [0.15, 0.2) is 11.7 Å². The molecule has 192 valence electrons. The Kier molecular flexibility index (Phi) is 7.92. The molecule has 0 saturated heterocycles. The van der Waals surface area contributed by atoms with Crippen molar-refractivity contribution >= 4 is 39.6 Å². The second-order valence-corrected chi connectivity index (χ2v) is 10.8. The lowest BCUT2D eigenvalue weighted by molar-refractivity contribution is 0.171. The van der Waals surface area contributed by atoms with E-state index in [-0.39, 0.29) is 16.3 Å². The number of oxazole rings is 1. The largest absolute Gasteiger partial charge is 0.464 e. The molecular formula is C23H26ClN5O6S. The van der Waals surface area contributed by atoms with Crippen molar-refractivity contribution in [3.8, 4) is 11.3 Å². The van der Waals surface area contributed by atoms with Crippen LogP contribution in [-0.4, -0.2) is 34.9 Å². The maximum absolute atomic E-state index is 12.5. The second-order valence-electron chi connectivity index (χ2n) is 8.89. The molecule has 0 radical (unpaired) electrons. The summed E-state index contributed by atoms with van der Waals surface area (Å²) >= 11 is 6.13. The number of carbonyl (C=O) groups is 2. The maximum atomic E-state index is 12.5. The van der Waals surface area contributed by atoms with E-state index >= 15 is 0 Å². The van der Waals surface area contributed by atoms with Crippen LogP contribution in [0, 0.1) is 0 Å². The van der Waals surface area contributed by atoms with Gasteiger partial charge < -0.3 is 20.2 Å². The minimum Gasteiger partial charge on any atom is -0.464 e. The fourth-order valence-electron chi connectivity index (χ4n) is 3.12. The van der Waals surface area contributed by atoms with Gasteiger partial charge in [0, 0.05) is 21.7 Å². The minimum atomic E-state index is -4.43. The van der Waals surface area contributed by atoms with Gasteiger partial charge in [-0.25, -0.2) is 19.7 Å². The zero-order valence-electron chi connectivity index (χ0n) is 19.8. The van der Waals surface area contributed by atoms with Crippen molar-refractivity contribution in [2.24, 2.45) is 5.14 Å². The van der Waals surface area contributed by atoms with Gasteiger partial charge in [-0.2, -0.15) is 12.7 Å². The molecule has 0 fully saturated rings. The predicted molar refractivity (Wildman–Crippen MR) is 135 cm³/mol. The molecule has 3 rings (SSSR count). The maximum Gasteiger partial charge on any atom is 0.422 e. The summed E-state index contributed by atoms with van der Waals surface area (Å²) in [7, 11) is -4.43. The van der Waals surface area contributed by atoms with E-state index in [1.54, 1.807) is 18.2 Å². The molecule has 36 heavy (non-hydrogen) atoms. The van der Waals surface area contributed by atoms with Crippen LogP contribution in [0.25, 0.3) is 11.3 Å². The molecular weight excluding hydrogens is 510 g/mol. The lowest BCUT2D eigenvalue weighted by atomic mass is 9.97. The molecule has 5 N–H and O–H groups in total. The number of halogens is 1. The molecule has 2 aromatic carbocycles. The van der Waals surface area contributed by atoms with Gasteiger partial charge in [0.25, 0.3) is 0 Å². The molecule has 0 aliphatic carbocycles. The van der Waals surface area contributed by atoms with Gasteiger partial charge in [0.05, 0.1) is 13.1 Å². The van der Waals surface area contributed by atoms with E-state index in [0.717, 1.165) is 5.56 Å². The summed E-state index contributed by atoms with van der Waals surface area (Å²) in [5, 5.41) is 19.9. The number of amides is 3. The van der Waals surface area contributed by atoms with E-state index in [1.165, 1.54) is 24.3 Å². The van der Waals surface area contributed by atoms with Gasteiger partial charge in [-0.15, -0.1) is 0 Å². The average Bonchev–Trinajstić information content (AvgIpc) is 3.21. The first-order chi connectivity index (χ1) is 16.7. The molecule has 1 aromatic heterocycles. The van der Waals surface area contributed by atoms with Crippen LogP contribution >= 0.6 is 11.6 Å². The van der Waals surface area contributed by atoms with Gasteiger partial charge in [-0.3, -0.25) is 0 Å². The third kappa shape index (κ3) is 6.97. The number of anilines is 1. The van der Waals surface area contributed by atoms with Crippen LogP contribution in [0.2, 0.25) is 5.02 Å². The highest BCUT2D eigenvalue weighted by atomic mass is 35.5. The Hall–Kier alpha value is -3.61. The van der Waals surface area contributed by atoms with Gasteiger partial charge in [-0.05, 0) is 29.8 Å². The molecule has 11 nitrogen and oxygen atoms in total. The lowest BCUT2D eigenvalue weighted by Gasteiger charge is -2.16. The Balaban J connectivity index is 1.69. The summed E-state index contributed by atoms with van der Waals surface area (Å²) in [6.07, 6.45) is -1.70. The minimum absolute atomic E-state index is 0.0524. The van der Waals surface area contributed by atoms with E-state index in [4.69, 9.17) is 26.3 Å². The van der Waals surface area contributed by atoms with Crippen molar-refractivity contribution in [3.63, 3.8) is 0 Å². The summed E-state index contributed by atoms with van der Waals surface area (Å²) in [5.74, 6) is 0.976. The Morgan fingerprint density at radius 3 is 2.39 bits per heavy atom. The summed E-state index contributed by atoms with van der Waals surface area (Å²) < 4.78 is 28.9. The number of hydrogen-bond donors (Lipinski definition) is 4. The number of nitrogens with zero attached hydrogens (tertiary/aromatic N) is 2. The van der Waals surface area contributed by atoms with Crippen LogP contribution in [0.3, 0.4) is 0 Å². The van der Waals surface area contributed by atoms with Crippen LogP contribution in [0.5, 0.6) is 0 Å². The molecule has 0 saturated carbocycles. The number of nitrogens with two attached hydrogens (primary N) is 1. The number of carbonyl (C=O) groups excluding carboxylic acids is 1. The number of urea groups is 1. The van der Waals surface area contributed by atoms with E-state index in [2.05, 4.69) is 15.6 Å². The van der Waals surface area contributed by atoms with Gasteiger partial charge >= 0.3 is 22.3 Å². The molecule has 1 heterocycles. The fraction of sp³-hybridized carbons (Fsp3) is 0.261. The molecule has 0 aliphatic heterocycles. The summed E-state index contributed by atoms with van der Waals surface area (Å²) in [4.78, 5) is 28.2. The van der Waals surface area contributed by atoms with Crippen LogP contribution in [-0.2, 0) is 28.7 Å². The van der Waals surface area contributed by atoms with E-state index in [1.807, 2.05) is 26.8 Å². The highest BCUT2D eigenvalue weighted by Crippen LogP contribution is 2.31. The quantitative estimate of drug-likeness (QED) is 0.349. The molecule has 3 amide bonds. The number of benzene rings is 2. The summed E-state index contributed by atoms with van der Waals surface area (Å²) in [6, 6.07) is 12.6. The number of carboxylic acid groups (broad SMARTS) is 1. The first-order valence-electron chi connectivity index (χ1n) is 10.7. The first-order valence-corrected chi connectivity index (χ1v) is 12.6. The van der Waals surface area contributed by atoms with Crippen molar-refractivity contribution < 1.29 is 27.5 Å². The van der Waals surface area contributed by atoms with Gasteiger partial charge in [-0.1, -0.05) is 56.6 Å². The number of nitrogens with one attached hydrogen (secondary N) is 2. The molecule has 3 aromatic rings. The summed E-state index contributed by atoms with van der Waals surface area (Å²) in [6.45, 7) is 5.48. The Morgan fingerprint density at radius 1 is 1.17 bits per heavy atom. The van der Waals surface area contributed by atoms with Crippen molar-refractivity contribution in [2.45, 2.75) is 39.3 Å². The highest BCUT2D eigenvalue weighted by Gasteiger charge is 2.25. The third-order valence-corrected chi connectivity index (χ3v) is 6.04. The molecule has 13 heteroatoms. The number of aromatic nitrogens is 1. The number of hydrogen-bond acceptors (Lipinski definition) is 6. The van der Waals surface area contributed by atoms with E-state index < -0.39 is 28.9 Å². The third-order valence-electron chi connectivity index (χ3n) is 4.91. The smallest absolute Gasteiger partial charge is 0.422 e. The van der Waals surface area contributed by atoms with Crippen molar-refractivity contribution in [1.29, 1.82) is 0 Å². The predicted octanol–water partition coefficient (Wildman–Crippen LogP) is 4.30. The molecule has 0 aliphatic rings. The van der Waals surface area contributed by atoms with Crippen LogP contribution in [0.4, 0.5) is 15.3 Å². The Labute approximate surface area is 213 Å².